The topological polar surface area (TPSA) is 95.3 Å². The van der Waals surface area contributed by atoms with Gasteiger partial charge in [-0.15, -0.1) is 0 Å². The molecule has 0 N–H and O–H groups in total. The third-order valence-corrected chi connectivity index (χ3v) is 6.99. The van der Waals surface area contributed by atoms with Crippen molar-refractivity contribution >= 4 is 49.6 Å². The van der Waals surface area contributed by atoms with Crippen molar-refractivity contribution in [3.63, 3.8) is 0 Å². The molecular weight excluding hydrogens is 534 g/mol. The molecule has 0 unspecified atom stereocenters. The highest BCUT2D eigenvalue weighted by molar-refractivity contribution is 9.10. The minimum absolute atomic E-state index is 0.0353. The SMILES string of the molecule is CC[C@H](C)c1nc2ccc(Br)cc2c(=O)n1N=Cc1cn(Cc2cccc([N+](=O)[O-])c2)c2ccccc12. The summed E-state index contributed by atoms with van der Waals surface area (Å²) in [6.07, 6.45) is 4.45. The second-order valence-electron chi connectivity index (χ2n) is 8.96. The normalized spacial score (nSPS) is 12.5. The Morgan fingerprint density at radius 1 is 1.11 bits per heavy atom. The number of nitro groups is 1. The van der Waals surface area contributed by atoms with Gasteiger partial charge in [0.2, 0.25) is 0 Å². The van der Waals surface area contributed by atoms with Crippen LogP contribution < -0.4 is 5.56 Å². The van der Waals surface area contributed by atoms with Gasteiger partial charge < -0.3 is 4.57 Å². The lowest BCUT2D eigenvalue weighted by molar-refractivity contribution is -0.384. The van der Waals surface area contributed by atoms with Crippen molar-refractivity contribution in [2.24, 2.45) is 5.10 Å². The first-order valence-electron chi connectivity index (χ1n) is 11.9. The number of hydrogen-bond donors (Lipinski definition) is 0. The largest absolute Gasteiger partial charge is 0.342 e. The van der Waals surface area contributed by atoms with Crippen molar-refractivity contribution in [1.29, 1.82) is 0 Å². The highest BCUT2D eigenvalue weighted by atomic mass is 79.9. The summed E-state index contributed by atoms with van der Waals surface area (Å²) in [6, 6.07) is 20.0. The number of nitrogens with zero attached hydrogens (tertiary/aromatic N) is 5. The van der Waals surface area contributed by atoms with Crippen molar-refractivity contribution in [1.82, 2.24) is 14.2 Å². The van der Waals surface area contributed by atoms with Gasteiger partial charge in [-0.1, -0.05) is 60.1 Å². The van der Waals surface area contributed by atoms with Crippen LogP contribution in [0, 0.1) is 10.1 Å². The molecule has 9 heteroatoms. The van der Waals surface area contributed by atoms with Crippen molar-refractivity contribution in [2.45, 2.75) is 32.7 Å². The van der Waals surface area contributed by atoms with Gasteiger partial charge in [-0.25, -0.2) is 4.98 Å². The molecule has 2 aromatic heterocycles. The fourth-order valence-corrected chi connectivity index (χ4v) is 4.73. The summed E-state index contributed by atoms with van der Waals surface area (Å²) in [5.41, 5.74) is 3.09. The number of non-ortho nitro benzene ring substituents is 1. The molecule has 0 amide bonds. The molecule has 5 rings (SSSR count). The Morgan fingerprint density at radius 2 is 1.92 bits per heavy atom. The van der Waals surface area contributed by atoms with Crippen LogP contribution in [0.5, 0.6) is 0 Å². The molecule has 0 bridgehead atoms. The van der Waals surface area contributed by atoms with E-state index in [1.165, 1.54) is 10.7 Å². The van der Waals surface area contributed by atoms with Crippen LogP contribution in [0.4, 0.5) is 5.69 Å². The number of aromatic nitrogens is 3. The molecule has 5 aromatic rings. The molecule has 37 heavy (non-hydrogen) atoms. The number of nitro benzene ring substituents is 1. The van der Waals surface area contributed by atoms with E-state index in [2.05, 4.69) is 28.0 Å². The maximum Gasteiger partial charge on any atom is 0.282 e. The average molecular weight is 558 g/mol. The summed E-state index contributed by atoms with van der Waals surface area (Å²) in [5.74, 6) is 0.645. The molecule has 8 nitrogen and oxygen atoms in total. The Kier molecular flexibility index (Phi) is 6.71. The molecule has 0 spiro atoms. The van der Waals surface area contributed by atoms with Crippen LogP contribution in [0.2, 0.25) is 0 Å². The quantitative estimate of drug-likeness (QED) is 0.130. The van der Waals surface area contributed by atoms with Crippen LogP contribution >= 0.6 is 15.9 Å². The summed E-state index contributed by atoms with van der Waals surface area (Å²) in [4.78, 5) is 29.1. The van der Waals surface area contributed by atoms with E-state index in [1.54, 1.807) is 24.4 Å². The first-order valence-corrected chi connectivity index (χ1v) is 12.7. The van der Waals surface area contributed by atoms with Crippen molar-refractivity contribution in [3.05, 3.63) is 115 Å². The summed E-state index contributed by atoms with van der Waals surface area (Å²) in [7, 11) is 0. The van der Waals surface area contributed by atoms with E-state index in [1.807, 2.05) is 60.2 Å². The molecular formula is C28H24BrN5O3. The highest BCUT2D eigenvalue weighted by Crippen LogP contribution is 2.24. The van der Waals surface area contributed by atoms with Crippen LogP contribution in [0.25, 0.3) is 21.8 Å². The number of rotatable bonds is 7. The van der Waals surface area contributed by atoms with Gasteiger partial charge in [-0.3, -0.25) is 14.9 Å². The van der Waals surface area contributed by atoms with Gasteiger partial charge in [-0.05, 0) is 36.2 Å². The Balaban J connectivity index is 1.60. The number of fused-ring (bicyclic) bond motifs is 2. The standard InChI is InChI=1S/C28H24BrN5O3/c1-3-18(2)27-31-25-12-11-21(29)14-24(25)28(35)33(27)30-15-20-17-32(26-10-5-4-9-23(20)26)16-19-7-6-8-22(13-19)34(36)37/h4-15,17-18H,3,16H2,1-2H3/t18-/m0/s1. The Bertz CT molecular complexity index is 1740. The first-order chi connectivity index (χ1) is 17.9. The molecule has 0 aliphatic carbocycles. The number of benzene rings is 3. The number of hydrogen-bond acceptors (Lipinski definition) is 5. The van der Waals surface area contributed by atoms with E-state index >= 15 is 0 Å². The van der Waals surface area contributed by atoms with Crippen molar-refractivity contribution in [2.75, 3.05) is 0 Å². The van der Waals surface area contributed by atoms with Gasteiger partial charge in [0.1, 0.15) is 5.82 Å². The van der Waals surface area contributed by atoms with Crippen molar-refractivity contribution in [3.8, 4) is 0 Å². The predicted molar refractivity (Wildman–Crippen MR) is 150 cm³/mol. The first kappa shape index (κ1) is 24.6. The minimum Gasteiger partial charge on any atom is -0.342 e. The highest BCUT2D eigenvalue weighted by Gasteiger charge is 2.16. The van der Waals surface area contributed by atoms with Gasteiger partial charge >= 0.3 is 0 Å². The van der Waals surface area contributed by atoms with Crippen LogP contribution in [-0.2, 0) is 6.54 Å². The zero-order valence-electron chi connectivity index (χ0n) is 20.3. The lowest BCUT2D eigenvalue weighted by atomic mass is 10.1. The Hall–Kier alpha value is -4.11. The third kappa shape index (κ3) is 4.82. The molecule has 3 aromatic carbocycles. The van der Waals surface area contributed by atoms with Crippen molar-refractivity contribution < 1.29 is 4.92 Å². The van der Waals surface area contributed by atoms with E-state index in [0.717, 1.165) is 32.9 Å². The number of para-hydroxylation sites is 1. The van der Waals surface area contributed by atoms with Gasteiger partial charge in [0, 0.05) is 51.7 Å². The zero-order valence-corrected chi connectivity index (χ0v) is 21.9. The van der Waals surface area contributed by atoms with Crippen LogP contribution in [0.15, 0.2) is 87.3 Å². The lowest BCUT2D eigenvalue weighted by Gasteiger charge is -2.13. The predicted octanol–water partition coefficient (Wildman–Crippen LogP) is 6.47. The average Bonchev–Trinajstić information content (AvgIpc) is 3.25. The molecule has 2 heterocycles. The molecule has 0 radical (unpaired) electrons. The smallest absolute Gasteiger partial charge is 0.282 e. The zero-order chi connectivity index (χ0) is 26.1. The maximum atomic E-state index is 13.5. The van der Waals surface area contributed by atoms with Gasteiger partial charge in [0.15, 0.2) is 0 Å². The third-order valence-electron chi connectivity index (χ3n) is 6.49. The summed E-state index contributed by atoms with van der Waals surface area (Å²) < 4.78 is 4.23. The lowest BCUT2D eigenvalue weighted by Crippen LogP contribution is -2.23. The van der Waals surface area contributed by atoms with Crippen LogP contribution in [-0.4, -0.2) is 25.4 Å². The fraction of sp³-hybridized carbons (Fsp3) is 0.179. The van der Waals surface area contributed by atoms with Gasteiger partial charge in [0.25, 0.3) is 11.2 Å². The van der Waals surface area contributed by atoms with E-state index in [4.69, 9.17) is 4.98 Å². The Morgan fingerprint density at radius 3 is 2.70 bits per heavy atom. The molecule has 0 aliphatic heterocycles. The second kappa shape index (κ2) is 10.1. The number of halogens is 1. The molecule has 0 saturated carbocycles. The van der Waals surface area contributed by atoms with Gasteiger partial charge in [-0.2, -0.15) is 9.78 Å². The van der Waals surface area contributed by atoms with Crippen LogP contribution in [0.3, 0.4) is 0 Å². The molecule has 186 valence electrons. The molecule has 0 aliphatic rings. The van der Waals surface area contributed by atoms with E-state index in [9.17, 15) is 14.9 Å². The Labute approximate surface area is 221 Å². The van der Waals surface area contributed by atoms with E-state index < -0.39 is 4.92 Å². The summed E-state index contributed by atoms with van der Waals surface area (Å²) >= 11 is 3.44. The fourth-order valence-electron chi connectivity index (χ4n) is 4.37. The monoisotopic (exact) mass is 557 g/mol. The van der Waals surface area contributed by atoms with Crippen LogP contribution in [0.1, 0.15) is 43.1 Å². The molecule has 0 fully saturated rings. The minimum atomic E-state index is -0.391. The molecule has 1 atom stereocenters. The molecule has 0 saturated heterocycles. The summed E-state index contributed by atoms with van der Waals surface area (Å²) in [6.45, 7) is 4.54. The second-order valence-corrected chi connectivity index (χ2v) is 9.87. The maximum absolute atomic E-state index is 13.5. The van der Waals surface area contributed by atoms with E-state index in [-0.39, 0.29) is 17.2 Å². The van der Waals surface area contributed by atoms with E-state index in [0.29, 0.717) is 23.3 Å². The van der Waals surface area contributed by atoms with Gasteiger partial charge in [0.05, 0.1) is 22.0 Å². The summed E-state index contributed by atoms with van der Waals surface area (Å²) in [5, 5.41) is 17.3.